The van der Waals surface area contributed by atoms with Crippen molar-refractivity contribution in [2.24, 2.45) is 0 Å². The molecule has 0 amide bonds. The Hall–Kier alpha value is -2.01. The lowest BCUT2D eigenvalue weighted by Crippen LogP contribution is -1.99. The fourth-order valence-corrected chi connectivity index (χ4v) is 1.98. The number of hydrogen-bond acceptors (Lipinski definition) is 3. The molecule has 0 N–H and O–H groups in total. The molecule has 4 nitrogen and oxygen atoms in total. The van der Waals surface area contributed by atoms with Gasteiger partial charge in [-0.2, -0.15) is 0 Å². The quantitative estimate of drug-likeness (QED) is 0.667. The molecule has 0 aliphatic rings. The van der Waals surface area contributed by atoms with Crippen LogP contribution in [0.2, 0.25) is 5.15 Å². The van der Waals surface area contributed by atoms with Gasteiger partial charge in [-0.25, -0.2) is 19.3 Å². The number of hydrogen-bond donors (Lipinski definition) is 0. The SMILES string of the molecule is Fc1cccc(Cn2cnc3c(Cl)ncnc32)c1. The van der Waals surface area contributed by atoms with Gasteiger partial charge in [0, 0.05) is 0 Å². The van der Waals surface area contributed by atoms with E-state index in [-0.39, 0.29) is 5.82 Å². The minimum atomic E-state index is -0.260. The van der Waals surface area contributed by atoms with Crippen LogP contribution < -0.4 is 0 Å². The smallest absolute Gasteiger partial charge is 0.165 e. The number of nitrogens with zero attached hydrogens (tertiary/aromatic N) is 4. The third kappa shape index (κ3) is 1.93. The van der Waals surface area contributed by atoms with Crippen LogP contribution in [0, 0.1) is 5.82 Å². The molecule has 3 aromatic rings. The second-order valence-electron chi connectivity index (χ2n) is 3.84. The van der Waals surface area contributed by atoms with Crippen molar-refractivity contribution in [1.29, 1.82) is 0 Å². The van der Waals surface area contributed by atoms with E-state index in [4.69, 9.17) is 11.6 Å². The van der Waals surface area contributed by atoms with Crippen LogP contribution in [-0.4, -0.2) is 19.5 Å². The molecule has 3 rings (SSSR count). The number of benzene rings is 1. The Morgan fingerprint density at radius 1 is 1.22 bits per heavy atom. The highest BCUT2D eigenvalue weighted by Gasteiger charge is 2.08. The number of halogens is 2. The monoisotopic (exact) mass is 262 g/mol. The van der Waals surface area contributed by atoms with Gasteiger partial charge in [-0.3, -0.25) is 0 Å². The van der Waals surface area contributed by atoms with E-state index in [2.05, 4.69) is 15.0 Å². The summed E-state index contributed by atoms with van der Waals surface area (Å²) in [7, 11) is 0. The predicted molar refractivity (Wildman–Crippen MR) is 65.8 cm³/mol. The zero-order chi connectivity index (χ0) is 12.5. The molecule has 0 spiro atoms. The summed E-state index contributed by atoms with van der Waals surface area (Å²) < 4.78 is 14.9. The highest BCUT2D eigenvalue weighted by molar-refractivity contribution is 6.33. The third-order valence-electron chi connectivity index (χ3n) is 2.60. The third-order valence-corrected chi connectivity index (χ3v) is 2.88. The van der Waals surface area contributed by atoms with Crippen molar-refractivity contribution in [3.8, 4) is 0 Å². The van der Waals surface area contributed by atoms with Gasteiger partial charge in [0.05, 0.1) is 12.9 Å². The molecule has 6 heteroatoms. The van der Waals surface area contributed by atoms with E-state index in [1.807, 2.05) is 6.07 Å². The van der Waals surface area contributed by atoms with Crippen LogP contribution >= 0.6 is 11.6 Å². The van der Waals surface area contributed by atoms with Crippen molar-refractivity contribution in [3.05, 3.63) is 53.5 Å². The second-order valence-corrected chi connectivity index (χ2v) is 4.20. The molecule has 0 radical (unpaired) electrons. The van der Waals surface area contributed by atoms with Crippen molar-refractivity contribution < 1.29 is 4.39 Å². The van der Waals surface area contributed by atoms with Gasteiger partial charge in [-0.15, -0.1) is 0 Å². The Morgan fingerprint density at radius 3 is 2.94 bits per heavy atom. The molecule has 0 aliphatic heterocycles. The molecule has 90 valence electrons. The van der Waals surface area contributed by atoms with E-state index in [1.54, 1.807) is 17.0 Å². The highest BCUT2D eigenvalue weighted by Crippen LogP contribution is 2.18. The zero-order valence-electron chi connectivity index (χ0n) is 9.22. The Labute approximate surface area is 107 Å². The highest BCUT2D eigenvalue weighted by atomic mass is 35.5. The van der Waals surface area contributed by atoms with Crippen LogP contribution in [0.15, 0.2) is 36.9 Å². The summed E-state index contributed by atoms with van der Waals surface area (Å²) in [5.41, 5.74) is 2.03. The first-order chi connectivity index (χ1) is 8.74. The number of rotatable bonds is 2. The summed E-state index contributed by atoms with van der Waals surface area (Å²) in [5.74, 6) is -0.260. The summed E-state index contributed by atoms with van der Waals surface area (Å²) in [4.78, 5) is 12.1. The summed E-state index contributed by atoms with van der Waals surface area (Å²) in [6.07, 6.45) is 3.00. The maximum atomic E-state index is 13.1. The van der Waals surface area contributed by atoms with Crippen LogP contribution in [0.25, 0.3) is 11.2 Å². The second kappa shape index (κ2) is 4.34. The van der Waals surface area contributed by atoms with E-state index >= 15 is 0 Å². The predicted octanol–water partition coefficient (Wildman–Crippen LogP) is 2.67. The summed E-state index contributed by atoms with van der Waals surface area (Å²) in [6.45, 7) is 0.488. The van der Waals surface area contributed by atoms with Crippen LogP contribution in [0.4, 0.5) is 4.39 Å². The first-order valence-corrected chi connectivity index (χ1v) is 5.67. The average Bonchev–Trinajstić information content (AvgIpc) is 2.74. The average molecular weight is 263 g/mol. The topological polar surface area (TPSA) is 43.6 Å². The lowest BCUT2D eigenvalue weighted by Gasteiger charge is -2.03. The molecular weight excluding hydrogens is 255 g/mol. The summed E-state index contributed by atoms with van der Waals surface area (Å²) in [6, 6.07) is 6.41. The molecule has 0 fully saturated rings. The normalized spacial score (nSPS) is 11.0. The van der Waals surface area contributed by atoms with E-state index in [0.29, 0.717) is 22.9 Å². The van der Waals surface area contributed by atoms with E-state index in [0.717, 1.165) is 5.56 Å². The fraction of sp³-hybridized carbons (Fsp3) is 0.0833. The molecular formula is C12H8ClFN4. The number of fused-ring (bicyclic) bond motifs is 1. The minimum absolute atomic E-state index is 0.260. The molecule has 0 bridgehead atoms. The van der Waals surface area contributed by atoms with Gasteiger partial charge in [-0.1, -0.05) is 23.7 Å². The maximum Gasteiger partial charge on any atom is 0.165 e. The Bertz CT molecular complexity index is 710. The van der Waals surface area contributed by atoms with Gasteiger partial charge >= 0.3 is 0 Å². The lowest BCUT2D eigenvalue weighted by atomic mass is 10.2. The van der Waals surface area contributed by atoms with Gasteiger partial charge in [0.15, 0.2) is 10.8 Å². The molecule has 0 saturated carbocycles. The van der Waals surface area contributed by atoms with E-state index < -0.39 is 0 Å². The van der Waals surface area contributed by atoms with Gasteiger partial charge < -0.3 is 4.57 Å². The van der Waals surface area contributed by atoms with Crippen molar-refractivity contribution in [2.75, 3.05) is 0 Å². The minimum Gasteiger partial charge on any atom is -0.311 e. The molecule has 0 aliphatic carbocycles. The van der Waals surface area contributed by atoms with E-state index in [1.165, 1.54) is 18.5 Å². The Morgan fingerprint density at radius 2 is 2.11 bits per heavy atom. The summed E-state index contributed by atoms with van der Waals surface area (Å²) >= 11 is 5.91. The van der Waals surface area contributed by atoms with Gasteiger partial charge in [-0.05, 0) is 17.7 Å². The number of aromatic nitrogens is 4. The summed E-state index contributed by atoms with van der Waals surface area (Å²) in [5, 5.41) is 0.318. The van der Waals surface area contributed by atoms with Gasteiger partial charge in [0.1, 0.15) is 17.7 Å². The zero-order valence-corrected chi connectivity index (χ0v) is 9.97. The Balaban J connectivity index is 2.03. The first kappa shape index (κ1) is 11.1. The van der Waals surface area contributed by atoms with E-state index in [9.17, 15) is 4.39 Å². The fourth-order valence-electron chi connectivity index (χ4n) is 1.80. The van der Waals surface area contributed by atoms with Crippen LogP contribution in [-0.2, 0) is 6.54 Å². The largest absolute Gasteiger partial charge is 0.311 e. The first-order valence-electron chi connectivity index (χ1n) is 5.30. The molecule has 0 saturated heterocycles. The Kier molecular flexibility index (Phi) is 2.68. The van der Waals surface area contributed by atoms with Crippen LogP contribution in [0.3, 0.4) is 0 Å². The molecule has 1 aromatic carbocycles. The van der Waals surface area contributed by atoms with Crippen molar-refractivity contribution >= 4 is 22.8 Å². The van der Waals surface area contributed by atoms with Crippen LogP contribution in [0.5, 0.6) is 0 Å². The molecule has 0 atom stereocenters. The molecule has 2 heterocycles. The standard InChI is InChI=1S/C12H8ClFN4/c13-11-10-12(16-6-15-11)18(7-17-10)5-8-2-1-3-9(14)4-8/h1-4,6-7H,5H2. The van der Waals surface area contributed by atoms with Crippen LogP contribution in [0.1, 0.15) is 5.56 Å². The van der Waals surface area contributed by atoms with Crippen molar-refractivity contribution in [2.45, 2.75) is 6.54 Å². The molecule has 0 unspecified atom stereocenters. The van der Waals surface area contributed by atoms with Gasteiger partial charge in [0.2, 0.25) is 0 Å². The van der Waals surface area contributed by atoms with Gasteiger partial charge in [0.25, 0.3) is 0 Å². The number of imidazole rings is 1. The molecule has 18 heavy (non-hydrogen) atoms. The van der Waals surface area contributed by atoms with Crippen molar-refractivity contribution in [3.63, 3.8) is 0 Å². The maximum absolute atomic E-state index is 13.1. The molecule has 2 aromatic heterocycles. The lowest BCUT2D eigenvalue weighted by molar-refractivity contribution is 0.624. The van der Waals surface area contributed by atoms with Crippen molar-refractivity contribution in [1.82, 2.24) is 19.5 Å².